The third-order valence-corrected chi connectivity index (χ3v) is 3.33. The van der Waals surface area contributed by atoms with Crippen molar-refractivity contribution in [3.63, 3.8) is 0 Å². The second-order valence-corrected chi connectivity index (χ2v) is 4.50. The number of rotatable bonds is 2. The highest BCUT2D eigenvalue weighted by atomic mass is 16.3. The molecule has 1 fully saturated rings. The van der Waals surface area contributed by atoms with Crippen molar-refractivity contribution in [2.45, 2.75) is 20.1 Å². The van der Waals surface area contributed by atoms with Gasteiger partial charge < -0.3 is 10.4 Å². The van der Waals surface area contributed by atoms with Gasteiger partial charge in [-0.3, -0.25) is 4.90 Å². The van der Waals surface area contributed by atoms with Gasteiger partial charge in [-0.15, -0.1) is 0 Å². The van der Waals surface area contributed by atoms with E-state index in [9.17, 15) is 5.11 Å². The zero-order valence-electron chi connectivity index (χ0n) is 10.0. The van der Waals surface area contributed by atoms with Crippen molar-refractivity contribution in [3.05, 3.63) is 34.9 Å². The summed E-state index contributed by atoms with van der Waals surface area (Å²) < 4.78 is 0. The number of hydrogen-bond acceptors (Lipinski definition) is 3. The van der Waals surface area contributed by atoms with E-state index in [2.05, 4.69) is 36.2 Å². The Morgan fingerprint density at radius 1 is 1.19 bits per heavy atom. The number of aliphatic hydroxyl groups excluding tert-OH is 1. The van der Waals surface area contributed by atoms with Crippen molar-refractivity contribution in [2.24, 2.45) is 0 Å². The number of benzene rings is 1. The standard InChI is InChI=1S/C13H20N2O/c1-10-3-4-12(9-11(10)2)13(16)15-7-5-14-6-8-15/h3-4,9,13-14,16H,5-8H2,1-2H3. The molecule has 1 aliphatic heterocycles. The molecule has 1 atom stereocenters. The van der Waals surface area contributed by atoms with Crippen LogP contribution in [-0.4, -0.2) is 36.2 Å². The Morgan fingerprint density at radius 2 is 1.88 bits per heavy atom. The lowest BCUT2D eigenvalue weighted by Gasteiger charge is -2.32. The van der Waals surface area contributed by atoms with E-state index in [1.165, 1.54) is 11.1 Å². The molecule has 0 amide bonds. The van der Waals surface area contributed by atoms with E-state index >= 15 is 0 Å². The molecule has 0 bridgehead atoms. The van der Waals surface area contributed by atoms with E-state index in [4.69, 9.17) is 0 Å². The maximum absolute atomic E-state index is 10.3. The maximum atomic E-state index is 10.3. The van der Waals surface area contributed by atoms with Crippen molar-refractivity contribution in [3.8, 4) is 0 Å². The first-order valence-corrected chi connectivity index (χ1v) is 5.88. The molecule has 2 rings (SSSR count). The minimum absolute atomic E-state index is 0.457. The zero-order chi connectivity index (χ0) is 11.5. The van der Waals surface area contributed by atoms with Crippen LogP contribution in [0.2, 0.25) is 0 Å². The monoisotopic (exact) mass is 220 g/mol. The number of aryl methyl sites for hydroxylation is 2. The second kappa shape index (κ2) is 4.95. The molecule has 0 aromatic heterocycles. The molecule has 1 saturated heterocycles. The molecule has 1 aromatic rings. The summed E-state index contributed by atoms with van der Waals surface area (Å²) in [4.78, 5) is 2.11. The summed E-state index contributed by atoms with van der Waals surface area (Å²) in [6.07, 6.45) is -0.457. The third-order valence-electron chi connectivity index (χ3n) is 3.33. The van der Waals surface area contributed by atoms with Crippen molar-refractivity contribution < 1.29 is 5.11 Å². The summed E-state index contributed by atoms with van der Waals surface area (Å²) in [5.41, 5.74) is 3.52. The molecular formula is C13H20N2O. The van der Waals surface area contributed by atoms with Gasteiger partial charge in [0, 0.05) is 26.2 Å². The average Bonchev–Trinajstić information content (AvgIpc) is 2.33. The molecule has 0 spiro atoms. The highest BCUT2D eigenvalue weighted by molar-refractivity contribution is 5.30. The predicted octanol–water partition coefficient (Wildman–Crippen LogP) is 1.20. The van der Waals surface area contributed by atoms with Gasteiger partial charge in [-0.05, 0) is 30.5 Å². The lowest BCUT2D eigenvalue weighted by Crippen LogP contribution is -2.45. The molecule has 0 saturated carbocycles. The number of nitrogens with one attached hydrogen (secondary N) is 1. The molecule has 0 radical (unpaired) electrons. The summed E-state index contributed by atoms with van der Waals surface area (Å²) in [5.74, 6) is 0. The van der Waals surface area contributed by atoms with E-state index < -0.39 is 6.23 Å². The fourth-order valence-electron chi connectivity index (χ4n) is 2.06. The molecule has 88 valence electrons. The number of nitrogens with zero attached hydrogens (tertiary/aromatic N) is 1. The lowest BCUT2D eigenvalue weighted by molar-refractivity contribution is -0.00549. The van der Waals surface area contributed by atoms with Crippen LogP contribution in [0.25, 0.3) is 0 Å². The largest absolute Gasteiger partial charge is 0.374 e. The quantitative estimate of drug-likeness (QED) is 0.786. The molecule has 1 unspecified atom stereocenters. The molecule has 1 aliphatic rings. The highest BCUT2D eigenvalue weighted by Crippen LogP contribution is 2.20. The van der Waals surface area contributed by atoms with Crippen LogP contribution < -0.4 is 5.32 Å². The van der Waals surface area contributed by atoms with Gasteiger partial charge in [-0.1, -0.05) is 18.2 Å². The van der Waals surface area contributed by atoms with Gasteiger partial charge in [0.1, 0.15) is 6.23 Å². The van der Waals surface area contributed by atoms with Gasteiger partial charge in [0.25, 0.3) is 0 Å². The molecule has 16 heavy (non-hydrogen) atoms. The smallest absolute Gasteiger partial charge is 0.133 e. The maximum Gasteiger partial charge on any atom is 0.133 e. The van der Waals surface area contributed by atoms with Crippen LogP contribution in [-0.2, 0) is 0 Å². The Kier molecular flexibility index (Phi) is 3.59. The van der Waals surface area contributed by atoms with Crippen LogP contribution >= 0.6 is 0 Å². The Bertz CT molecular complexity index is 359. The van der Waals surface area contributed by atoms with Crippen LogP contribution in [0.1, 0.15) is 22.9 Å². The Morgan fingerprint density at radius 3 is 2.50 bits per heavy atom. The average molecular weight is 220 g/mol. The van der Waals surface area contributed by atoms with Gasteiger partial charge in [0.15, 0.2) is 0 Å². The van der Waals surface area contributed by atoms with Crippen molar-refractivity contribution in [1.29, 1.82) is 0 Å². The van der Waals surface area contributed by atoms with Crippen LogP contribution in [0.15, 0.2) is 18.2 Å². The van der Waals surface area contributed by atoms with Gasteiger partial charge in [0.2, 0.25) is 0 Å². The topological polar surface area (TPSA) is 35.5 Å². The molecule has 3 heteroatoms. The number of aliphatic hydroxyl groups is 1. The number of hydrogen-bond donors (Lipinski definition) is 2. The third kappa shape index (κ3) is 2.43. The first kappa shape index (κ1) is 11.6. The Labute approximate surface area is 97.1 Å². The minimum Gasteiger partial charge on any atom is -0.374 e. The SMILES string of the molecule is Cc1ccc(C(O)N2CCNCC2)cc1C. The molecule has 1 heterocycles. The van der Waals surface area contributed by atoms with E-state index in [1.54, 1.807) is 0 Å². The highest BCUT2D eigenvalue weighted by Gasteiger charge is 2.19. The van der Waals surface area contributed by atoms with Crippen LogP contribution in [0.4, 0.5) is 0 Å². The van der Waals surface area contributed by atoms with E-state index in [0.717, 1.165) is 31.7 Å². The van der Waals surface area contributed by atoms with Crippen LogP contribution in [0.5, 0.6) is 0 Å². The molecule has 2 N–H and O–H groups in total. The van der Waals surface area contributed by atoms with E-state index in [1.807, 2.05) is 6.07 Å². The van der Waals surface area contributed by atoms with Gasteiger partial charge in [0.05, 0.1) is 0 Å². The summed E-state index contributed by atoms with van der Waals surface area (Å²) in [6, 6.07) is 6.19. The second-order valence-electron chi connectivity index (χ2n) is 4.50. The summed E-state index contributed by atoms with van der Waals surface area (Å²) >= 11 is 0. The van der Waals surface area contributed by atoms with Crippen LogP contribution in [0.3, 0.4) is 0 Å². The fraction of sp³-hybridized carbons (Fsp3) is 0.538. The van der Waals surface area contributed by atoms with Gasteiger partial charge >= 0.3 is 0 Å². The molecule has 3 nitrogen and oxygen atoms in total. The zero-order valence-corrected chi connectivity index (χ0v) is 10.0. The molecular weight excluding hydrogens is 200 g/mol. The van der Waals surface area contributed by atoms with Crippen molar-refractivity contribution >= 4 is 0 Å². The summed E-state index contributed by atoms with van der Waals surface area (Å²) in [6.45, 7) is 7.92. The van der Waals surface area contributed by atoms with Gasteiger partial charge in [-0.25, -0.2) is 0 Å². The fourth-order valence-corrected chi connectivity index (χ4v) is 2.06. The van der Waals surface area contributed by atoms with Crippen LogP contribution in [0, 0.1) is 13.8 Å². The lowest BCUT2D eigenvalue weighted by atomic mass is 10.0. The van der Waals surface area contributed by atoms with Crippen molar-refractivity contribution in [1.82, 2.24) is 10.2 Å². The van der Waals surface area contributed by atoms with E-state index in [0.29, 0.717) is 0 Å². The summed E-state index contributed by atoms with van der Waals surface area (Å²) in [5, 5.41) is 13.5. The predicted molar refractivity (Wildman–Crippen MR) is 65.3 cm³/mol. The normalized spacial score (nSPS) is 19.7. The molecule has 0 aliphatic carbocycles. The Hall–Kier alpha value is -0.900. The Balaban J connectivity index is 2.12. The minimum atomic E-state index is -0.457. The number of piperazine rings is 1. The first-order chi connectivity index (χ1) is 7.68. The molecule has 1 aromatic carbocycles. The van der Waals surface area contributed by atoms with Gasteiger partial charge in [-0.2, -0.15) is 0 Å². The summed E-state index contributed by atoms with van der Waals surface area (Å²) in [7, 11) is 0. The van der Waals surface area contributed by atoms with E-state index in [-0.39, 0.29) is 0 Å². The first-order valence-electron chi connectivity index (χ1n) is 5.88. The van der Waals surface area contributed by atoms with Crippen molar-refractivity contribution in [2.75, 3.05) is 26.2 Å².